The monoisotopic (exact) mass is 307 g/mol. The van der Waals surface area contributed by atoms with Crippen molar-refractivity contribution in [2.24, 2.45) is 23.5 Å². The number of nitrogens with zero attached hydrogens (tertiary/aromatic N) is 2. The van der Waals surface area contributed by atoms with E-state index in [1.807, 2.05) is 0 Å². The van der Waals surface area contributed by atoms with Crippen molar-refractivity contribution in [2.45, 2.75) is 61.3 Å². The molecule has 1 aromatic rings. The number of hydrogen-bond donors (Lipinski definition) is 1. The van der Waals surface area contributed by atoms with Gasteiger partial charge in [0.05, 0.1) is 5.25 Å². The van der Waals surface area contributed by atoms with E-state index in [9.17, 15) is 4.79 Å². The summed E-state index contributed by atoms with van der Waals surface area (Å²) in [4.78, 5) is 11.1. The van der Waals surface area contributed by atoms with Crippen molar-refractivity contribution in [3.05, 3.63) is 5.89 Å². The summed E-state index contributed by atoms with van der Waals surface area (Å²) in [7, 11) is 0. The van der Waals surface area contributed by atoms with Crippen molar-refractivity contribution in [1.82, 2.24) is 10.2 Å². The van der Waals surface area contributed by atoms with E-state index in [0.717, 1.165) is 23.6 Å². The first-order valence-electron chi connectivity index (χ1n) is 7.84. The van der Waals surface area contributed by atoms with E-state index in [2.05, 4.69) is 10.2 Å². The smallest absolute Gasteiger partial charge is 0.277 e. The number of rotatable bonds is 4. The van der Waals surface area contributed by atoms with Crippen LogP contribution in [0.5, 0.6) is 0 Å². The van der Waals surface area contributed by atoms with Gasteiger partial charge in [0.1, 0.15) is 0 Å². The van der Waals surface area contributed by atoms with Crippen molar-refractivity contribution < 1.29 is 9.21 Å². The second-order valence-corrected chi connectivity index (χ2v) is 8.53. The van der Waals surface area contributed by atoms with Crippen LogP contribution < -0.4 is 5.73 Å². The number of amides is 1. The minimum absolute atomic E-state index is 0.122. The van der Waals surface area contributed by atoms with Crippen molar-refractivity contribution in [3.63, 3.8) is 0 Å². The van der Waals surface area contributed by atoms with Gasteiger partial charge in [-0.1, -0.05) is 11.8 Å². The Labute approximate surface area is 128 Å². The van der Waals surface area contributed by atoms with Gasteiger partial charge in [-0.25, -0.2) is 0 Å². The number of thioether (sulfide) groups is 1. The molecule has 4 aliphatic rings. The highest BCUT2D eigenvalue weighted by molar-refractivity contribution is 8.00. The first-order chi connectivity index (χ1) is 10.0. The molecule has 4 aliphatic carbocycles. The van der Waals surface area contributed by atoms with E-state index in [1.54, 1.807) is 6.92 Å². The van der Waals surface area contributed by atoms with Gasteiger partial charge in [0, 0.05) is 5.41 Å². The molecule has 0 radical (unpaired) electrons. The summed E-state index contributed by atoms with van der Waals surface area (Å²) in [6, 6.07) is 0. The molecule has 0 aromatic carbocycles. The standard InChI is InChI=1S/C15H21N3O2S/c1-8(12(16)19)21-14-18-17-13(20-14)15-5-9-2-10(6-15)4-11(3-9)7-15/h8-11H,2-7H2,1H3,(H2,16,19)/t8-,9?,10?,11?,15?/m1/s1. The first-order valence-corrected chi connectivity index (χ1v) is 8.72. The second kappa shape index (κ2) is 4.73. The Hall–Kier alpha value is -1.04. The van der Waals surface area contributed by atoms with E-state index in [4.69, 9.17) is 10.2 Å². The molecule has 1 amide bonds. The van der Waals surface area contributed by atoms with Crippen LogP contribution in [0.2, 0.25) is 0 Å². The molecule has 1 atom stereocenters. The van der Waals surface area contributed by atoms with E-state index >= 15 is 0 Å². The maximum absolute atomic E-state index is 11.1. The van der Waals surface area contributed by atoms with Gasteiger partial charge in [-0.05, 0) is 63.2 Å². The van der Waals surface area contributed by atoms with Crippen LogP contribution in [0.25, 0.3) is 0 Å². The van der Waals surface area contributed by atoms with Crippen molar-refractivity contribution in [2.75, 3.05) is 0 Å². The molecular formula is C15H21N3O2S. The molecule has 1 heterocycles. The maximum Gasteiger partial charge on any atom is 0.277 e. The molecule has 1 aromatic heterocycles. The molecule has 0 saturated heterocycles. The molecule has 0 aliphatic heterocycles. The molecule has 0 spiro atoms. The average Bonchev–Trinajstić information content (AvgIpc) is 2.86. The predicted molar refractivity (Wildman–Crippen MR) is 78.7 cm³/mol. The van der Waals surface area contributed by atoms with Gasteiger partial charge in [-0.15, -0.1) is 10.2 Å². The van der Waals surface area contributed by atoms with Crippen molar-refractivity contribution in [3.8, 4) is 0 Å². The van der Waals surface area contributed by atoms with Gasteiger partial charge >= 0.3 is 0 Å². The Balaban J connectivity index is 1.57. The van der Waals surface area contributed by atoms with E-state index in [-0.39, 0.29) is 16.6 Å². The van der Waals surface area contributed by atoms with Gasteiger partial charge in [0.15, 0.2) is 0 Å². The summed E-state index contributed by atoms with van der Waals surface area (Å²) in [5.74, 6) is 3.01. The molecule has 114 valence electrons. The summed E-state index contributed by atoms with van der Waals surface area (Å²) in [6.45, 7) is 1.77. The fourth-order valence-electron chi connectivity index (χ4n) is 5.05. The zero-order valence-corrected chi connectivity index (χ0v) is 13.1. The lowest BCUT2D eigenvalue weighted by Crippen LogP contribution is -2.48. The quantitative estimate of drug-likeness (QED) is 0.864. The molecule has 4 saturated carbocycles. The molecule has 4 bridgehead atoms. The molecule has 5 nitrogen and oxygen atoms in total. The third-order valence-electron chi connectivity index (χ3n) is 5.58. The average molecular weight is 307 g/mol. The first kappa shape index (κ1) is 13.6. The lowest BCUT2D eigenvalue weighted by molar-refractivity contribution is -0.117. The number of aromatic nitrogens is 2. The van der Waals surface area contributed by atoms with Crippen LogP contribution in [0.4, 0.5) is 0 Å². The van der Waals surface area contributed by atoms with Gasteiger partial charge in [-0.2, -0.15) is 0 Å². The summed E-state index contributed by atoms with van der Waals surface area (Å²) in [5.41, 5.74) is 5.41. The molecule has 0 unspecified atom stereocenters. The summed E-state index contributed by atoms with van der Waals surface area (Å²) in [6.07, 6.45) is 7.80. The lowest BCUT2D eigenvalue weighted by atomic mass is 9.49. The van der Waals surface area contributed by atoms with E-state index < -0.39 is 0 Å². The van der Waals surface area contributed by atoms with E-state index in [0.29, 0.717) is 5.22 Å². The van der Waals surface area contributed by atoms with Crippen molar-refractivity contribution >= 4 is 17.7 Å². The molecular weight excluding hydrogens is 286 g/mol. The Morgan fingerprint density at radius 3 is 2.33 bits per heavy atom. The topological polar surface area (TPSA) is 82.0 Å². The minimum atomic E-state index is -0.352. The maximum atomic E-state index is 11.1. The third kappa shape index (κ3) is 2.28. The van der Waals surface area contributed by atoms with Crippen LogP contribution in [0.1, 0.15) is 51.3 Å². The predicted octanol–water partition coefficient (Wildman–Crippen LogP) is 2.50. The largest absolute Gasteiger partial charge is 0.415 e. The van der Waals surface area contributed by atoms with Crippen LogP contribution in [0, 0.1) is 17.8 Å². The normalized spacial score (nSPS) is 38.6. The zero-order chi connectivity index (χ0) is 14.6. The van der Waals surface area contributed by atoms with Crippen LogP contribution in [0.15, 0.2) is 9.64 Å². The van der Waals surface area contributed by atoms with Crippen molar-refractivity contribution in [1.29, 1.82) is 0 Å². The van der Waals surface area contributed by atoms with Gasteiger partial charge in [-0.3, -0.25) is 4.79 Å². The van der Waals surface area contributed by atoms with E-state index in [1.165, 1.54) is 50.3 Å². The number of primary amides is 1. The highest BCUT2D eigenvalue weighted by atomic mass is 32.2. The molecule has 21 heavy (non-hydrogen) atoms. The van der Waals surface area contributed by atoms with Gasteiger partial charge in [0.2, 0.25) is 11.8 Å². The summed E-state index contributed by atoms with van der Waals surface area (Å²) >= 11 is 1.26. The second-order valence-electron chi connectivity index (χ2n) is 7.23. The van der Waals surface area contributed by atoms with Crippen LogP contribution in [0.3, 0.4) is 0 Å². The Morgan fingerprint density at radius 1 is 1.24 bits per heavy atom. The van der Waals surface area contributed by atoms with Crippen LogP contribution in [-0.2, 0) is 10.2 Å². The lowest BCUT2D eigenvalue weighted by Gasteiger charge is -2.55. The molecule has 2 N–H and O–H groups in total. The molecule has 6 heteroatoms. The fourth-order valence-corrected chi connectivity index (χ4v) is 5.69. The molecule has 5 rings (SSSR count). The summed E-state index contributed by atoms with van der Waals surface area (Å²) in [5, 5.41) is 8.60. The highest BCUT2D eigenvalue weighted by Gasteiger charge is 2.54. The molecule has 4 fully saturated rings. The SMILES string of the molecule is C[C@@H](Sc1nnc(C23CC4CC(CC(C4)C2)C3)o1)C(N)=O. The fraction of sp³-hybridized carbons (Fsp3) is 0.800. The zero-order valence-electron chi connectivity index (χ0n) is 12.2. The number of nitrogens with two attached hydrogens (primary N) is 1. The Bertz CT molecular complexity index is 536. The number of carbonyl (C=O) groups is 1. The third-order valence-corrected chi connectivity index (χ3v) is 6.53. The van der Waals surface area contributed by atoms with Gasteiger partial charge < -0.3 is 10.2 Å². The highest BCUT2D eigenvalue weighted by Crippen LogP contribution is 2.60. The summed E-state index contributed by atoms with van der Waals surface area (Å²) < 4.78 is 5.92. The number of hydrogen-bond acceptors (Lipinski definition) is 5. The van der Waals surface area contributed by atoms with Crippen LogP contribution >= 0.6 is 11.8 Å². The number of carbonyl (C=O) groups excluding carboxylic acids is 1. The Morgan fingerprint density at radius 2 is 1.81 bits per heavy atom. The van der Waals surface area contributed by atoms with Crippen LogP contribution in [-0.4, -0.2) is 21.4 Å². The van der Waals surface area contributed by atoms with Gasteiger partial charge in [0.25, 0.3) is 5.22 Å². The Kier molecular flexibility index (Phi) is 3.07. The minimum Gasteiger partial charge on any atom is -0.415 e.